The van der Waals surface area contributed by atoms with Crippen molar-refractivity contribution in [3.05, 3.63) is 65.7 Å². The Hall–Kier alpha value is -1.56. The van der Waals surface area contributed by atoms with Crippen molar-refractivity contribution in [2.24, 2.45) is 0 Å². The van der Waals surface area contributed by atoms with E-state index < -0.39 is 8.26 Å². The SMILES string of the molecule is CC(C)c1ccc(NC(=O)c2ccccc2)cc1.O=S(=O)(Cl)Cl. The first-order chi connectivity index (χ1) is 10.7. The molecule has 7 heteroatoms. The summed E-state index contributed by atoms with van der Waals surface area (Å²) in [6, 6.07) is 17.2. The maximum absolute atomic E-state index is 11.9. The highest BCUT2D eigenvalue weighted by Crippen LogP contribution is 2.17. The highest BCUT2D eigenvalue weighted by Gasteiger charge is 2.05. The van der Waals surface area contributed by atoms with Gasteiger partial charge in [-0.1, -0.05) is 44.2 Å². The van der Waals surface area contributed by atoms with E-state index in [-0.39, 0.29) is 5.91 Å². The van der Waals surface area contributed by atoms with Gasteiger partial charge in [0.25, 0.3) is 5.91 Å². The average molecular weight is 374 g/mol. The van der Waals surface area contributed by atoms with Crippen LogP contribution in [0.25, 0.3) is 0 Å². The fourth-order valence-electron chi connectivity index (χ4n) is 1.74. The van der Waals surface area contributed by atoms with Crippen LogP contribution in [0.1, 0.15) is 35.7 Å². The van der Waals surface area contributed by atoms with E-state index >= 15 is 0 Å². The number of anilines is 1. The second kappa shape index (κ2) is 8.91. The van der Waals surface area contributed by atoms with Gasteiger partial charge in [0, 0.05) is 32.6 Å². The normalized spacial score (nSPS) is 10.7. The van der Waals surface area contributed by atoms with Gasteiger partial charge < -0.3 is 5.32 Å². The van der Waals surface area contributed by atoms with E-state index in [0.29, 0.717) is 11.5 Å². The number of hydrogen-bond donors (Lipinski definition) is 1. The van der Waals surface area contributed by atoms with Gasteiger partial charge in [0.15, 0.2) is 0 Å². The molecule has 0 bridgehead atoms. The number of carbonyl (C=O) groups excluding carboxylic acids is 1. The summed E-state index contributed by atoms with van der Waals surface area (Å²) in [4.78, 5) is 11.9. The smallest absolute Gasteiger partial charge is 0.317 e. The zero-order chi connectivity index (χ0) is 17.5. The van der Waals surface area contributed by atoms with Crippen molar-refractivity contribution in [2.45, 2.75) is 19.8 Å². The maximum atomic E-state index is 11.9. The minimum Gasteiger partial charge on any atom is -0.322 e. The van der Waals surface area contributed by atoms with E-state index in [4.69, 9.17) is 8.42 Å². The summed E-state index contributed by atoms with van der Waals surface area (Å²) in [5.41, 5.74) is 2.77. The Bertz CT molecular complexity index is 722. The van der Waals surface area contributed by atoms with Gasteiger partial charge >= 0.3 is 8.26 Å². The van der Waals surface area contributed by atoms with Crippen molar-refractivity contribution in [2.75, 3.05) is 5.32 Å². The third kappa shape index (κ3) is 8.59. The summed E-state index contributed by atoms with van der Waals surface area (Å²) in [7, 11) is 4.81. The van der Waals surface area contributed by atoms with Crippen LogP contribution < -0.4 is 5.32 Å². The van der Waals surface area contributed by atoms with E-state index in [1.165, 1.54) is 5.56 Å². The molecule has 23 heavy (non-hydrogen) atoms. The van der Waals surface area contributed by atoms with Crippen LogP contribution in [0.15, 0.2) is 54.6 Å². The lowest BCUT2D eigenvalue weighted by Gasteiger charge is -2.08. The number of carbonyl (C=O) groups is 1. The second-order valence-electron chi connectivity index (χ2n) is 4.98. The molecule has 0 fully saturated rings. The summed E-state index contributed by atoms with van der Waals surface area (Å²) in [5.74, 6) is 0.428. The molecule has 2 rings (SSSR count). The summed E-state index contributed by atoms with van der Waals surface area (Å²) in [6.07, 6.45) is 0. The van der Waals surface area contributed by atoms with Crippen LogP contribution in [0.4, 0.5) is 5.69 Å². The van der Waals surface area contributed by atoms with E-state index in [2.05, 4.69) is 40.5 Å². The van der Waals surface area contributed by atoms with E-state index in [0.717, 1.165) is 5.69 Å². The monoisotopic (exact) mass is 373 g/mol. The zero-order valence-electron chi connectivity index (χ0n) is 12.7. The third-order valence-electron chi connectivity index (χ3n) is 2.87. The molecule has 4 nitrogen and oxygen atoms in total. The first-order valence-electron chi connectivity index (χ1n) is 6.77. The molecule has 0 radical (unpaired) electrons. The molecule has 0 unspecified atom stereocenters. The summed E-state index contributed by atoms with van der Waals surface area (Å²) >= 11 is 0. The average Bonchev–Trinajstić information content (AvgIpc) is 2.47. The van der Waals surface area contributed by atoms with Gasteiger partial charge in [-0.25, -0.2) is 0 Å². The van der Waals surface area contributed by atoms with Crippen LogP contribution in [0, 0.1) is 0 Å². The fourth-order valence-corrected chi connectivity index (χ4v) is 1.74. The van der Waals surface area contributed by atoms with Crippen LogP contribution in [0.5, 0.6) is 0 Å². The number of rotatable bonds is 3. The van der Waals surface area contributed by atoms with Crippen LogP contribution in [0.3, 0.4) is 0 Å². The minimum atomic E-state index is -3.72. The topological polar surface area (TPSA) is 63.2 Å². The minimum absolute atomic E-state index is 0.0760. The summed E-state index contributed by atoms with van der Waals surface area (Å²) in [6.45, 7) is 4.30. The Morgan fingerprint density at radius 3 is 1.87 bits per heavy atom. The Morgan fingerprint density at radius 2 is 1.43 bits per heavy atom. The van der Waals surface area contributed by atoms with Gasteiger partial charge in [0.05, 0.1) is 0 Å². The number of benzene rings is 2. The van der Waals surface area contributed by atoms with E-state index in [1.807, 2.05) is 42.5 Å². The van der Waals surface area contributed by atoms with E-state index in [1.54, 1.807) is 12.1 Å². The van der Waals surface area contributed by atoms with Gasteiger partial charge in [0.2, 0.25) is 0 Å². The molecule has 0 heterocycles. The standard InChI is InChI=1S/C16H17NO.Cl2O2S/c1-12(2)13-8-10-15(11-9-13)17-16(18)14-6-4-3-5-7-14;1-5(2,3)4/h3-12H,1-2H3,(H,17,18);. The van der Waals surface area contributed by atoms with Crippen molar-refractivity contribution in [1.82, 2.24) is 0 Å². The molecule has 1 amide bonds. The molecule has 0 aromatic heterocycles. The molecule has 0 aliphatic heterocycles. The molecule has 124 valence electrons. The van der Waals surface area contributed by atoms with E-state index in [9.17, 15) is 4.79 Å². The highest BCUT2D eigenvalue weighted by atomic mass is 36.0. The Balaban J connectivity index is 0.000000463. The fraction of sp³-hybridized carbons (Fsp3) is 0.188. The number of halogens is 2. The van der Waals surface area contributed by atoms with Crippen molar-refractivity contribution >= 4 is 41.2 Å². The molecule has 0 saturated carbocycles. The number of hydrogen-bond acceptors (Lipinski definition) is 3. The molecular weight excluding hydrogens is 357 g/mol. The summed E-state index contributed by atoms with van der Waals surface area (Å²) < 4.78 is 18.3. The maximum Gasteiger partial charge on any atom is 0.317 e. The van der Waals surface area contributed by atoms with Gasteiger partial charge in [-0.15, -0.1) is 0 Å². The van der Waals surface area contributed by atoms with Gasteiger partial charge in [0.1, 0.15) is 0 Å². The lowest BCUT2D eigenvalue weighted by atomic mass is 10.0. The Kier molecular flexibility index (Phi) is 7.55. The first-order valence-corrected chi connectivity index (χ1v) is 9.91. The largest absolute Gasteiger partial charge is 0.322 e. The molecule has 1 N–H and O–H groups in total. The predicted molar refractivity (Wildman–Crippen MR) is 95.6 cm³/mol. The third-order valence-corrected chi connectivity index (χ3v) is 2.87. The molecule has 0 saturated heterocycles. The predicted octanol–water partition coefficient (Wildman–Crippen LogP) is 4.77. The van der Waals surface area contributed by atoms with Crippen LogP contribution >= 0.6 is 21.4 Å². The number of amides is 1. The van der Waals surface area contributed by atoms with Crippen molar-refractivity contribution in [1.29, 1.82) is 0 Å². The van der Waals surface area contributed by atoms with Crippen LogP contribution in [-0.2, 0) is 8.26 Å². The quantitative estimate of drug-likeness (QED) is 0.787. The van der Waals surface area contributed by atoms with Crippen molar-refractivity contribution in [3.8, 4) is 0 Å². The van der Waals surface area contributed by atoms with Gasteiger partial charge in [-0.05, 0) is 35.7 Å². The molecule has 2 aromatic carbocycles. The molecular formula is C16H17Cl2NO3S. The molecule has 0 aliphatic rings. The van der Waals surface area contributed by atoms with Gasteiger partial charge in [-0.3, -0.25) is 4.79 Å². The lowest BCUT2D eigenvalue weighted by Crippen LogP contribution is -2.11. The van der Waals surface area contributed by atoms with Crippen molar-refractivity contribution in [3.63, 3.8) is 0 Å². The van der Waals surface area contributed by atoms with Crippen LogP contribution in [-0.4, -0.2) is 14.3 Å². The molecule has 2 aromatic rings. The van der Waals surface area contributed by atoms with Gasteiger partial charge in [-0.2, -0.15) is 8.42 Å². The summed E-state index contributed by atoms with van der Waals surface area (Å²) in [5, 5.41) is 2.89. The van der Waals surface area contributed by atoms with Crippen molar-refractivity contribution < 1.29 is 13.2 Å². The van der Waals surface area contributed by atoms with Crippen LogP contribution in [0.2, 0.25) is 0 Å². The Labute approximate surface area is 145 Å². The molecule has 0 aliphatic carbocycles. The zero-order valence-corrected chi connectivity index (χ0v) is 15.0. The first kappa shape index (κ1) is 19.5. The highest BCUT2D eigenvalue weighted by molar-refractivity contribution is 8.31. The molecule has 0 atom stereocenters. The lowest BCUT2D eigenvalue weighted by molar-refractivity contribution is 0.102. The second-order valence-corrected chi connectivity index (χ2v) is 8.64. The number of nitrogens with one attached hydrogen (secondary N) is 1. The molecule has 0 spiro atoms. The Morgan fingerprint density at radius 1 is 0.957 bits per heavy atom.